The third-order valence-electron chi connectivity index (χ3n) is 3.79. The summed E-state index contributed by atoms with van der Waals surface area (Å²) in [6, 6.07) is 0.301. The number of ether oxygens (including phenoxy) is 1. The molecule has 5 heteroatoms. The van der Waals surface area contributed by atoms with Gasteiger partial charge in [-0.15, -0.1) is 0 Å². The quantitative estimate of drug-likeness (QED) is 0.819. The maximum atomic E-state index is 12.1. The van der Waals surface area contributed by atoms with Crippen LogP contribution in [0.2, 0.25) is 0 Å². The average Bonchev–Trinajstić information content (AvgIpc) is 2.33. The van der Waals surface area contributed by atoms with Crippen molar-refractivity contribution in [2.24, 2.45) is 5.41 Å². The molecule has 2 atom stereocenters. The number of nitrogens with one attached hydrogen (secondary N) is 1. The highest BCUT2D eigenvalue weighted by molar-refractivity contribution is 5.68. The van der Waals surface area contributed by atoms with Crippen LogP contribution >= 0.6 is 0 Å². The van der Waals surface area contributed by atoms with Gasteiger partial charge in [-0.2, -0.15) is 0 Å². The minimum Gasteiger partial charge on any atom is -0.444 e. The number of amides is 1. The van der Waals surface area contributed by atoms with E-state index in [4.69, 9.17) is 4.74 Å². The van der Waals surface area contributed by atoms with Crippen LogP contribution in [0.4, 0.5) is 4.79 Å². The Balaban J connectivity index is 2.45. The second-order valence-corrected chi connectivity index (χ2v) is 8.36. The van der Waals surface area contributed by atoms with Gasteiger partial charge in [0, 0.05) is 25.7 Å². The number of piperidine rings is 1. The molecule has 0 bridgehead atoms. The van der Waals surface area contributed by atoms with E-state index in [1.54, 1.807) is 4.90 Å². The molecule has 1 fully saturated rings. The molecule has 5 nitrogen and oxygen atoms in total. The molecule has 0 aromatic heterocycles. The fraction of sp³-hybridized carbons (Fsp3) is 0.941. The van der Waals surface area contributed by atoms with E-state index in [1.807, 2.05) is 27.7 Å². The van der Waals surface area contributed by atoms with Crippen LogP contribution < -0.4 is 5.32 Å². The molecule has 0 spiro atoms. The molecule has 22 heavy (non-hydrogen) atoms. The predicted octanol–water partition coefficient (Wildman–Crippen LogP) is 2.77. The Morgan fingerprint density at radius 1 is 1.36 bits per heavy atom. The second kappa shape index (κ2) is 7.64. The highest BCUT2D eigenvalue weighted by Crippen LogP contribution is 2.22. The molecule has 1 saturated heterocycles. The van der Waals surface area contributed by atoms with E-state index in [-0.39, 0.29) is 17.6 Å². The lowest BCUT2D eigenvalue weighted by Crippen LogP contribution is -2.51. The van der Waals surface area contributed by atoms with Crippen molar-refractivity contribution in [3.8, 4) is 0 Å². The highest BCUT2D eigenvalue weighted by Gasteiger charge is 2.29. The zero-order valence-corrected chi connectivity index (χ0v) is 15.1. The summed E-state index contributed by atoms with van der Waals surface area (Å²) in [5.41, 5.74) is -0.404. The van der Waals surface area contributed by atoms with Crippen molar-refractivity contribution in [1.29, 1.82) is 0 Å². The molecular formula is C17H34N2O3. The largest absolute Gasteiger partial charge is 0.444 e. The SMILES string of the molecule is CC(O)CC(C)(C)CNC1CCCN(C(=O)OC(C)(C)C)C1. The van der Waals surface area contributed by atoms with E-state index in [0.717, 1.165) is 32.4 Å². The number of aliphatic hydroxyl groups excluding tert-OH is 1. The van der Waals surface area contributed by atoms with E-state index < -0.39 is 5.60 Å². The summed E-state index contributed by atoms with van der Waals surface area (Å²) in [6.45, 7) is 14.1. The van der Waals surface area contributed by atoms with Crippen LogP contribution in [0.5, 0.6) is 0 Å². The van der Waals surface area contributed by atoms with E-state index in [1.165, 1.54) is 0 Å². The number of aliphatic hydroxyl groups is 1. The van der Waals surface area contributed by atoms with Crippen molar-refractivity contribution in [1.82, 2.24) is 10.2 Å². The summed E-state index contributed by atoms with van der Waals surface area (Å²) in [5, 5.41) is 13.1. The minimum atomic E-state index is -0.448. The molecule has 2 unspecified atom stereocenters. The summed E-state index contributed by atoms with van der Waals surface area (Å²) in [5.74, 6) is 0. The molecule has 1 aliphatic rings. The van der Waals surface area contributed by atoms with Gasteiger partial charge < -0.3 is 20.1 Å². The van der Waals surface area contributed by atoms with Gasteiger partial charge in [-0.25, -0.2) is 4.79 Å². The first-order chi connectivity index (χ1) is 9.98. The van der Waals surface area contributed by atoms with Gasteiger partial charge in [-0.1, -0.05) is 13.8 Å². The van der Waals surface area contributed by atoms with Crippen LogP contribution in [0.25, 0.3) is 0 Å². The lowest BCUT2D eigenvalue weighted by atomic mass is 9.86. The van der Waals surface area contributed by atoms with E-state index in [0.29, 0.717) is 12.6 Å². The number of hydrogen-bond donors (Lipinski definition) is 2. The number of nitrogens with zero attached hydrogens (tertiary/aromatic N) is 1. The van der Waals surface area contributed by atoms with E-state index >= 15 is 0 Å². The highest BCUT2D eigenvalue weighted by atomic mass is 16.6. The first kappa shape index (κ1) is 19.2. The lowest BCUT2D eigenvalue weighted by Gasteiger charge is -2.36. The molecule has 0 saturated carbocycles. The Morgan fingerprint density at radius 3 is 2.55 bits per heavy atom. The van der Waals surface area contributed by atoms with Crippen molar-refractivity contribution in [2.45, 2.75) is 78.6 Å². The maximum Gasteiger partial charge on any atom is 0.410 e. The van der Waals surface area contributed by atoms with Gasteiger partial charge in [0.25, 0.3) is 0 Å². The molecule has 1 heterocycles. The summed E-state index contributed by atoms with van der Waals surface area (Å²) < 4.78 is 5.45. The molecule has 1 aliphatic heterocycles. The predicted molar refractivity (Wildman–Crippen MR) is 88.9 cm³/mol. The smallest absolute Gasteiger partial charge is 0.410 e. The molecule has 0 radical (unpaired) electrons. The van der Waals surface area contributed by atoms with Crippen LogP contribution in [-0.4, -0.2) is 53.5 Å². The van der Waals surface area contributed by atoms with E-state index in [2.05, 4.69) is 19.2 Å². The second-order valence-electron chi connectivity index (χ2n) is 8.36. The molecule has 1 rings (SSSR count). The van der Waals surface area contributed by atoms with Crippen molar-refractivity contribution in [3.05, 3.63) is 0 Å². The summed E-state index contributed by atoms with van der Waals surface area (Å²) >= 11 is 0. The molecule has 0 aliphatic carbocycles. The van der Waals surface area contributed by atoms with Gasteiger partial charge >= 0.3 is 6.09 Å². The Bertz CT molecular complexity index is 361. The van der Waals surface area contributed by atoms with Gasteiger partial charge in [-0.05, 0) is 52.4 Å². The van der Waals surface area contributed by atoms with Crippen molar-refractivity contribution >= 4 is 6.09 Å². The zero-order chi connectivity index (χ0) is 17.0. The summed E-state index contributed by atoms with van der Waals surface area (Å²) in [6.07, 6.45) is 2.32. The number of carbonyl (C=O) groups excluding carboxylic acids is 1. The standard InChI is InChI=1S/C17H34N2O3/c1-13(20)10-17(5,6)12-18-14-8-7-9-19(11-14)15(21)22-16(2,3)4/h13-14,18,20H,7-12H2,1-6H3. The van der Waals surface area contributed by atoms with Gasteiger partial charge in [-0.3, -0.25) is 0 Å². The monoisotopic (exact) mass is 314 g/mol. The Morgan fingerprint density at radius 2 is 2.00 bits per heavy atom. The Hall–Kier alpha value is -0.810. The number of hydrogen-bond acceptors (Lipinski definition) is 4. The van der Waals surface area contributed by atoms with Gasteiger partial charge in [0.15, 0.2) is 0 Å². The molecule has 0 aromatic rings. The van der Waals surface area contributed by atoms with Gasteiger partial charge in [0.1, 0.15) is 5.60 Å². The molecule has 130 valence electrons. The first-order valence-electron chi connectivity index (χ1n) is 8.38. The maximum absolute atomic E-state index is 12.1. The van der Waals surface area contributed by atoms with Crippen molar-refractivity contribution in [3.63, 3.8) is 0 Å². The topological polar surface area (TPSA) is 61.8 Å². The zero-order valence-electron chi connectivity index (χ0n) is 15.1. The number of likely N-dealkylation sites (tertiary alicyclic amines) is 1. The third kappa shape index (κ3) is 7.45. The first-order valence-corrected chi connectivity index (χ1v) is 8.38. The van der Waals surface area contributed by atoms with Crippen LogP contribution in [0.1, 0.15) is 60.8 Å². The normalized spacial score (nSPS) is 21.6. The summed E-state index contributed by atoms with van der Waals surface area (Å²) in [7, 11) is 0. The van der Waals surface area contributed by atoms with Crippen LogP contribution in [-0.2, 0) is 4.74 Å². The van der Waals surface area contributed by atoms with Crippen LogP contribution in [0.3, 0.4) is 0 Å². The Labute approximate surface area is 135 Å². The molecular weight excluding hydrogens is 280 g/mol. The van der Waals surface area contributed by atoms with Crippen LogP contribution in [0, 0.1) is 5.41 Å². The average molecular weight is 314 g/mol. The van der Waals surface area contributed by atoms with Crippen molar-refractivity contribution < 1.29 is 14.6 Å². The molecule has 2 N–H and O–H groups in total. The van der Waals surface area contributed by atoms with Crippen LogP contribution in [0.15, 0.2) is 0 Å². The minimum absolute atomic E-state index is 0.0440. The number of carbonyl (C=O) groups is 1. The van der Waals surface area contributed by atoms with E-state index in [9.17, 15) is 9.90 Å². The fourth-order valence-corrected chi connectivity index (χ4v) is 2.93. The van der Waals surface area contributed by atoms with Gasteiger partial charge in [0.2, 0.25) is 0 Å². The summed E-state index contributed by atoms with van der Waals surface area (Å²) in [4.78, 5) is 13.9. The lowest BCUT2D eigenvalue weighted by molar-refractivity contribution is 0.0183. The molecule has 0 aromatic carbocycles. The fourth-order valence-electron chi connectivity index (χ4n) is 2.93. The third-order valence-corrected chi connectivity index (χ3v) is 3.79. The van der Waals surface area contributed by atoms with Crippen molar-refractivity contribution in [2.75, 3.05) is 19.6 Å². The molecule has 1 amide bonds. The number of rotatable bonds is 5. The Kier molecular flexibility index (Phi) is 6.68. The van der Waals surface area contributed by atoms with Gasteiger partial charge in [0.05, 0.1) is 6.10 Å².